The second-order valence-corrected chi connectivity index (χ2v) is 7.09. The second-order valence-electron chi connectivity index (χ2n) is 4.14. The number of carboxylic acid groups (broad SMARTS) is 1. The summed E-state index contributed by atoms with van der Waals surface area (Å²) in [6, 6.07) is 3.51. The Hall–Kier alpha value is -1.65. The molecule has 0 saturated carbocycles. The fraction of sp³-hybridized carbons (Fsp3) is 0.364. The molecule has 0 aliphatic rings. The SMILES string of the molecule is CNS(=O)(=O)c1ccc(SCC(C)C(=O)O)c([N+](=O)[O-])c1. The third-order valence-corrected chi connectivity index (χ3v) is 5.35. The van der Waals surface area contributed by atoms with E-state index in [0.717, 1.165) is 17.8 Å². The molecule has 8 nitrogen and oxygen atoms in total. The summed E-state index contributed by atoms with van der Waals surface area (Å²) in [6.07, 6.45) is 0. The van der Waals surface area contributed by atoms with E-state index in [1.807, 2.05) is 0 Å². The van der Waals surface area contributed by atoms with E-state index in [0.29, 0.717) is 0 Å². The first-order chi connectivity index (χ1) is 9.69. The molecule has 0 aliphatic carbocycles. The van der Waals surface area contributed by atoms with Gasteiger partial charge in [0.15, 0.2) is 0 Å². The predicted octanol–water partition coefficient (Wildman–Crippen LogP) is 1.32. The molecule has 0 spiro atoms. The third kappa shape index (κ3) is 4.41. The molecule has 2 N–H and O–H groups in total. The van der Waals surface area contributed by atoms with Gasteiger partial charge in [0.1, 0.15) is 0 Å². The number of sulfonamides is 1. The normalized spacial score (nSPS) is 12.9. The minimum atomic E-state index is -3.77. The highest BCUT2D eigenvalue weighted by Crippen LogP contribution is 2.32. The summed E-state index contributed by atoms with van der Waals surface area (Å²) in [7, 11) is -2.57. The third-order valence-electron chi connectivity index (χ3n) is 2.62. The number of hydrogen-bond acceptors (Lipinski definition) is 6. The number of nitrogens with one attached hydrogen (secondary N) is 1. The standard InChI is InChI=1S/C11H14N2O6S2/c1-7(11(14)15)6-20-10-4-3-8(21(18,19)12-2)5-9(10)13(16)17/h3-5,7,12H,6H2,1-2H3,(H,14,15). The van der Waals surface area contributed by atoms with E-state index in [2.05, 4.69) is 4.72 Å². The first-order valence-corrected chi connectivity index (χ1v) is 8.23. The van der Waals surface area contributed by atoms with Crippen LogP contribution in [0.15, 0.2) is 28.0 Å². The van der Waals surface area contributed by atoms with Crippen molar-refractivity contribution in [3.8, 4) is 0 Å². The predicted molar refractivity (Wildman–Crippen MR) is 76.9 cm³/mol. The number of nitro groups is 1. The van der Waals surface area contributed by atoms with Crippen molar-refractivity contribution in [1.29, 1.82) is 0 Å². The number of carbonyl (C=O) groups is 1. The Kier molecular flexibility index (Phi) is 5.70. The van der Waals surface area contributed by atoms with Gasteiger partial charge in [-0.3, -0.25) is 14.9 Å². The van der Waals surface area contributed by atoms with Gasteiger partial charge in [-0.05, 0) is 19.2 Å². The molecule has 1 unspecified atom stereocenters. The van der Waals surface area contributed by atoms with Gasteiger partial charge in [-0.15, -0.1) is 11.8 Å². The van der Waals surface area contributed by atoms with Crippen LogP contribution in [0.1, 0.15) is 6.92 Å². The molecular formula is C11H14N2O6S2. The Balaban J connectivity index is 3.12. The first-order valence-electron chi connectivity index (χ1n) is 5.76. The van der Waals surface area contributed by atoms with Gasteiger partial charge >= 0.3 is 5.97 Å². The number of hydrogen-bond donors (Lipinski definition) is 2. The highest BCUT2D eigenvalue weighted by atomic mass is 32.2. The van der Waals surface area contributed by atoms with Crippen LogP contribution >= 0.6 is 11.8 Å². The zero-order valence-corrected chi connectivity index (χ0v) is 12.9. The number of carboxylic acids is 1. The molecule has 1 rings (SSSR count). The molecule has 1 aromatic carbocycles. The van der Waals surface area contributed by atoms with Crippen LogP contribution in [-0.4, -0.2) is 37.2 Å². The van der Waals surface area contributed by atoms with Crippen molar-refractivity contribution in [3.63, 3.8) is 0 Å². The minimum Gasteiger partial charge on any atom is -0.481 e. The van der Waals surface area contributed by atoms with Crippen molar-refractivity contribution in [2.24, 2.45) is 5.92 Å². The summed E-state index contributed by atoms with van der Waals surface area (Å²) in [6.45, 7) is 1.49. The number of benzene rings is 1. The van der Waals surface area contributed by atoms with Crippen LogP contribution in [0, 0.1) is 16.0 Å². The summed E-state index contributed by atoms with van der Waals surface area (Å²) in [4.78, 5) is 21.1. The Bertz CT molecular complexity index is 659. The molecule has 0 heterocycles. The van der Waals surface area contributed by atoms with Crippen molar-refractivity contribution >= 4 is 33.4 Å². The van der Waals surface area contributed by atoms with Gasteiger partial charge in [0, 0.05) is 11.8 Å². The summed E-state index contributed by atoms with van der Waals surface area (Å²) in [5.41, 5.74) is -0.367. The topological polar surface area (TPSA) is 127 Å². The van der Waals surface area contributed by atoms with E-state index >= 15 is 0 Å². The lowest BCUT2D eigenvalue weighted by Crippen LogP contribution is -2.18. The average Bonchev–Trinajstić information content (AvgIpc) is 2.44. The number of nitrogens with zero attached hydrogens (tertiary/aromatic N) is 1. The van der Waals surface area contributed by atoms with E-state index in [1.54, 1.807) is 0 Å². The number of thioether (sulfide) groups is 1. The molecule has 0 amide bonds. The highest BCUT2D eigenvalue weighted by Gasteiger charge is 2.21. The molecule has 21 heavy (non-hydrogen) atoms. The molecule has 0 bridgehead atoms. The van der Waals surface area contributed by atoms with Crippen LogP contribution in [0.5, 0.6) is 0 Å². The van der Waals surface area contributed by atoms with Crippen LogP contribution in [0.3, 0.4) is 0 Å². The van der Waals surface area contributed by atoms with Gasteiger partial charge in [0.05, 0.1) is 20.6 Å². The lowest BCUT2D eigenvalue weighted by Gasteiger charge is -2.08. The number of rotatable bonds is 7. The number of nitro benzene ring substituents is 1. The summed E-state index contributed by atoms with van der Waals surface area (Å²) >= 11 is 1.00. The molecule has 0 aromatic heterocycles. The van der Waals surface area contributed by atoms with Crippen LogP contribution in [0.4, 0.5) is 5.69 Å². The zero-order chi connectivity index (χ0) is 16.2. The van der Waals surface area contributed by atoms with Crippen molar-refractivity contribution < 1.29 is 23.2 Å². The molecule has 116 valence electrons. The summed E-state index contributed by atoms with van der Waals surface area (Å²) in [5.74, 6) is -1.52. The molecule has 0 aliphatic heterocycles. The first kappa shape index (κ1) is 17.4. The molecule has 0 fully saturated rings. The smallest absolute Gasteiger partial charge is 0.307 e. The van der Waals surface area contributed by atoms with E-state index in [-0.39, 0.29) is 21.2 Å². The molecule has 10 heteroatoms. The quantitative estimate of drug-likeness (QED) is 0.437. The molecular weight excluding hydrogens is 320 g/mol. The van der Waals surface area contributed by atoms with Gasteiger partial charge < -0.3 is 5.11 Å². The molecule has 0 radical (unpaired) electrons. The van der Waals surface area contributed by atoms with E-state index in [1.165, 1.54) is 26.1 Å². The fourth-order valence-corrected chi connectivity index (χ4v) is 3.10. The Morgan fingerprint density at radius 2 is 2.14 bits per heavy atom. The highest BCUT2D eigenvalue weighted by molar-refractivity contribution is 7.99. The average molecular weight is 334 g/mol. The monoisotopic (exact) mass is 334 g/mol. The lowest BCUT2D eigenvalue weighted by molar-refractivity contribution is -0.388. The second kappa shape index (κ2) is 6.87. The maximum atomic E-state index is 11.6. The van der Waals surface area contributed by atoms with Crippen molar-refractivity contribution in [1.82, 2.24) is 4.72 Å². The summed E-state index contributed by atoms with van der Waals surface area (Å²) in [5, 5.41) is 19.8. The molecule has 0 saturated heterocycles. The maximum Gasteiger partial charge on any atom is 0.307 e. The van der Waals surface area contributed by atoms with E-state index in [9.17, 15) is 23.3 Å². The van der Waals surface area contributed by atoms with Gasteiger partial charge in [0.2, 0.25) is 10.0 Å². The van der Waals surface area contributed by atoms with Gasteiger partial charge in [-0.25, -0.2) is 13.1 Å². The van der Waals surface area contributed by atoms with E-state index in [4.69, 9.17) is 5.11 Å². The van der Waals surface area contributed by atoms with Crippen molar-refractivity contribution in [2.75, 3.05) is 12.8 Å². The van der Waals surface area contributed by atoms with Gasteiger partial charge in [-0.2, -0.15) is 0 Å². The van der Waals surface area contributed by atoms with Crippen LogP contribution < -0.4 is 4.72 Å². The Morgan fingerprint density at radius 1 is 1.52 bits per heavy atom. The maximum absolute atomic E-state index is 11.6. The van der Waals surface area contributed by atoms with Crippen molar-refractivity contribution in [2.45, 2.75) is 16.7 Å². The fourth-order valence-electron chi connectivity index (χ4n) is 1.33. The summed E-state index contributed by atoms with van der Waals surface area (Å²) < 4.78 is 25.3. The molecule has 1 aromatic rings. The van der Waals surface area contributed by atoms with Crippen LogP contribution in [-0.2, 0) is 14.8 Å². The van der Waals surface area contributed by atoms with Gasteiger partial charge in [0.25, 0.3) is 5.69 Å². The molecule has 1 atom stereocenters. The number of aliphatic carboxylic acids is 1. The van der Waals surface area contributed by atoms with Crippen molar-refractivity contribution in [3.05, 3.63) is 28.3 Å². The lowest BCUT2D eigenvalue weighted by atomic mass is 10.2. The van der Waals surface area contributed by atoms with Crippen LogP contribution in [0.25, 0.3) is 0 Å². The minimum absolute atomic E-state index is 0.147. The van der Waals surface area contributed by atoms with Gasteiger partial charge in [-0.1, -0.05) is 6.92 Å². The zero-order valence-electron chi connectivity index (χ0n) is 11.3. The Labute approximate surface area is 125 Å². The Morgan fingerprint density at radius 3 is 2.62 bits per heavy atom. The van der Waals surface area contributed by atoms with E-state index < -0.39 is 26.8 Å². The van der Waals surface area contributed by atoms with Crippen LogP contribution in [0.2, 0.25) is 0 Å². The largest absolute Gasteiger partial charge is 0.481 e.